The van der Waals surface area contributed by atoms with Crippen molar-refractivity contribution in [2.24, 2.45) is 11.8 Å². The van der Waals surface area contributed by atoms with Crippen molar-refractivity contribution in [3.8, 4) is 17.2 Å². The number of fused-ring (bicyclic) bond motifs is 1. The smallest absolute Gasteiger partial charge is 0.414 e. The molecule has 3 amide bonds. The molecular weight excluding hydrogens is 503 g/mol. The van der Waals surface area contributed by atoms with E-state index >= 15 is 4.39 Å². The Kier molecular flexibility index (Phi) is 6.49. The van der Waals surface area contributed by atoms with Crippen LogP contribution in [0.1, 0.15) is 33.3 Å². The van der Waals surface area contributed by atoms with Gasteiger partial charge in [0, 0.05) is 43.1 Å². The molecule has 1 aliphatic carbocycles. The molecule has 3 atom stereocenters. The molecular formula is C29H31FN4O5. The molecule has 2 saturated heterocycles. The monoisotopic (exact) mass is 534 g/mol. The number of nitriles is 1. The lowest BCUT2D eigenvalue weighted by Crippen LogP contribution is -2.39. The second-order valence-corrected chi connectivity index (χ2v) is 11.4. The summed E-state index contributed by atoms with van der Waals surface area (Å²) in [5.41, 5.74) is 0.831. The van der Waals surface area contributed by atoms with Gasteiger partial charge in [-0.05, 0) is 50.1 Å². The number of anilines is 1. The fourth-order valence-electron chi connectivity index (χ4n) is 5.69. The van der Waals surface area contributed by atoms with Gasteiger partial charge in [0.05, 0.1) is 24.6 Å². The van der Waals surface area contributed by atoms with Gasteiger partial charge in [-0.25, -0.2) is 14.0 Å². The van der Waals surface area contributed by atoms with E-state index in [4.69, 9.17) is 9.47 Å². The average Bonchev–Trinajstić information content (AvgIpc) is 3.15. The number of carbonyl (C=O) groups excluding carboxylic acids is 3. The second-order valence-electron chi connectivity index (χ2n) is 11.4. The van der Waals surface area contributed by atoms with Crippen LogP contribution in [-0.2, 0) is 19.7 Å². The Hall–Kier alpha value is -4.13. The first-order valence-electron chi connectivity index (χ1n) is 12.9. The average molecular weight is 535 g/mol. The van der Waals surface area contributed by atoms with Crippen LogP contribution in [0.25, 0.3) is 11.1 Å². The summed E-state index contributed by atoms with van der Waals surface area (Å²) in [5, 5.41) is 12.7. The Morgan fingerprint density at radius 1 is 1.13 bits per heavy atom. The quantitative estimate of drug-likeness (QED) is 0.615. The maximum atomic E-state index is 15.4. The minimum atomic E-state index is -0.950. The molecule has 5 rings (SSSR count). The summed E-state index contributed by atoms with van der Waals surface area (Å²) in [6, 6.07) is 14.3. The van der Waals surface area contributed by atoms with Crippen LogP contribution in [0.2, 0.25) is 0 Å². The molecule has 2 aromatic rings. The topological polar surface area (TPSA) is 112 Å². The molecule has 2 aliphatic heterocycles. The van der Waals surface area contributed by atoms with E-state index in [-0.39, 0.29) is 24.3 Å². The first-order chi connectivity index (χ1) is 18.4. The van der Waals surface area contributed by atoms with Crippen LogP contribution < -0.4 is 10.2 Å². The Balaban J connectivity index is 1.27. The van der Waals surface area contributed by atoms with Gasteiger partial charge in [0.1, 0.15) is 17.5 Å². The number of benzene rings is 2. The van der Waals surface area contributed by atoms with Crippen LogP contribution in [0, 0.1) is 29.0 Å². The zero-order valence-electron chi connectivity index (χ0n) is 22.4. The number of ether oxygens (including phenoxy) is 2. The van der Waals surface area contributed by atoms with Gasteiger partial charge < -0.3 is 19.7 Å². The Morgan fingerprint density at radius 3 is 2.33 bits per heavy atom. The van der Waals surface area contributed by atoms with E-state index in [2.05, 4.69) is 11.4 Å². The minimum Gasteiger partial charge on any atom is -0.444 e. The number of halogens is 1. The number of hydrogen-bond donors (Lipinski definition) is 1. The minimum absolute atomic E-state index is 0.135. The highest BCUT2D eigenvalue weighted by Gasteiger charge is 2.71. The Bertz CT molecular complexity index is 1350. The lowest BCUT2D eigenvalue weighted by Gasteiger charge is -2.27. The van der Waals surface area contributed by atoms with Crippen LogP contribution in [-0.4, -0.2) is 60.9 Å². The highest BCUT2D eigenvalue weighted by molar-refractivity contribution is 5.90. The van der Waals surface area contributed by atoms with E-state index in [9.17, 15) is 19.6 Å². The van der Waals surface area contributed by atoms with E-state index in [1.807, 2.05) is 0 Å². The first-order valence-corrected chi connectivity index (χ1v) is 12.9. The largest absolute Gasteiger partial charge is 0.444 e. The molecule has 3 aliphatic rings. The molecule has 0 radical (unpaired) electrons. The summed E-state index contributed by atoms with van der Waals surface area (Å²) >= 11 is 0. The summed E-state index contributed by atoms with van der Waals surface area (Å²) in [6.07, 6.45) is -1.34. The lowest BCUT2D eigenvalue weighted by atomic mass is 9.89. The number of amides is 3. The lowest BCUT2D eigenvalue weighted by molar-refractivity contribution is -0.119. The summed E-state index contributed by atoms with van der Waals surface area (Å²) in [6.45, 7) is 8.09. The molecule has 0 bridgehead atoms. The standard InChI is InChI=1S/C29H31FN4O5/c1-17(35)32-12-21-13-34(27(37)38-21)20-8-5-18(6-9-20)19-7-10-22(25(30)11-19)29(16-31)23-14-33(15-24(23)29)26(36)39-28(2,3)4/h5-11,21,23-24H,12-15H2,1-4H3,(H,32,35)/t21-,23?,24?,29?/m0/s1. The van der Waals surface area contributed by atoms with E-state index < -0.39 is 35.1 Å². The maximum Gasteiger partial charge on any atom is 0.414 e. The summed E-state index contributed by atoms with van der Waals surface area (Å²) in [5.74, 6) is -0.922. The maximum absolute atomic E-state index is 15.4. The molecule has 2 unspecified atom stereocenters. The first kappa shape index (κ1) is 26.5. The molecule has 2 heterocycles. The van der Waals surface area contributed by atoms with Crippen molar-refractivity contribution in [2.75, 3.05) is 31.1 Å². The third-order valence-corrected chi connectivity index (χ3v) is 7.60. The van der Waals surface area contributed by atoms with Gasteiger partial charge in [-0.3, -0.25) is 9.69 Å². The van der Waals surface area contributed by atoms with Crippen LogP contribution in [0.4, 0.5) is 19.7 Å². The van der Waals surface area contributed by atoms with Crippen molar-refractivity contribution in [3.05, 3.63) is 53.8 Å². The number of likely N-dealkylation sites (tertiary alicyclic amines) is 1. The number of cyclic esters (lactones) is 1. The highest BCUT2D eigenvalue weighted by Crippen LogP contribution is 2.63. The molecule has 1 saturated carbocycles. The third kappa shape index (κ3) is 4.89. The second kappa shape index (κ2) is 9.56. The highest BCUT2D eigenvalue weighted by atomic mass is 19.1. The van der Waals surface area contributed by atoms with Crippen molar-refractivity contribution in [2.45, 2.75) is 44.8 Å². The summed E-state index contributed by atoms with van der Waals surface area (Å²) in [4.78, 5) is 38.9. The van der Waals surface area contributed by atoms with Crippen molar-refractivity contribution < 1.29 is 28.2 Å². The summed E-state index contributed by atoms with van der Waals surface area (Å²) < 4.78 is 26.2. The molecule has 0 spiro atoms. The number of piperidine rings is 1. The van der Waals surface area contributed by atoms with Gasteiger partial charge in [0.2, 0.25) is 5.91 Å². The van der Waals surface area contributed by atoms with Crippen molar-refractivity contribution in [1.29, 1.82) is 5.26 Å². The number of nitrogens with zero attached hydrogens (tertiary/aromatic N) is 3. The number of hydrogen-bond acceptors (Lipinski definition) is 6. The molecule has 3 fully saturated rings. The van der Waals surface area contributed by atoms with E-state index in [0.29, 0.717) is 36.4 Å². The van der Waals surface area contributed by atoms with Gasteiger partial charge >= 0.3 is 12.2 Å². The normalized spacial score (nSPS) is 25.5. The third-order valence-electron chi connectivity index (χ3n) is 7.60. The molecule has 1 N–H and O–H groups in total. The van der Waals surface area contributed by atoms with E-state index in [1.165, 1.54) is 17.9 Å². The van der Waals surface area contributed by atoms with Gasteiger partial charge in [-0.15, -0.1) is 0 Å². The molecule has 9 nitrogen and oxygen atoms in total. The molecule has 10 heteroatoms. The van der Waals surface area contributed by atoms with E-state index in [1.54, 1.807) is 62.1 Å². The molecule has 39 heavy (non-hydrogen) atoms. The fourth-order valence-corrected chi connectivity index (χ4v) is 5.69. The number of rotatable bonds is 5. The van der Waals surface area contributed by atoms with Gasteiger partial charge in [0.15, 0.2) is 0 Å². The molecule has 0 aromatic heterocycles. The van der Waals surface area contributed by atoms with Crippen LogP contribution in [0.15, 0.2) is 42.5 Å². The van der Waals surface area contributed by atoms with Gasteiger partial charge in [-0.1, -0.05) is 24.3 Å². The van der Waals surface area contributed by atoms with Crippen LogP contribution in [0.5, 0.6) is 0 Å². The SMILES string of the molecule is CC(=O)NC[C@H]1CN(c2ccc(-c3ccc(C4(C#N)C5CN(C(=O)OC(C)(C)C)CC54)c(F)c3)cc2)C(=O)O1. The predicted molar refractivity (Wildman–Crippen MR) is 140 cm³/mol. The van der Waals surface area contributed by atoms with Crippen molar-refractivity contribution in [3.63, 3.8) is 0 Å². The number of carbonyl (C=O) groups is 3. The Morgan fingerprint density at radius 2 is 1.77 bits per heavy atom. The zero-order chi connectivity index (χ0) is 28.1. The van der Waals surface area contributed by atoms with Crippen molar-refractivity contribution in [1.82, 2.24) is 10.2 Å². The zero-order valence-corrected chi connectivity index (χ0v) is 22.4. The van der Waals surface area contributed by atoms with Crippen molar-refractivity contribution >= 4 is 23.8 Å². The van der Waals surface area contributed by atoms with Crippen LogP contribution >= 0.6 is 0 Å². The van der Waals surface area contributed by atoms with Gasteiger partial charge in [0.25, 0.3) is 0 Å². The fraction of sp³-hybridized carbons (Fsp3) is 0.448. The van der Waals surface area contributed by atoms with E-state index in [0.717, 1.165) is 5.56 Å². The number of nitrogens with one attached hydrogen (secondary N) is 1. The molecule has 204 valence electrons. The molecule has 2 aromatic carbocycles. The summed E-state index contributed by atoms with van der Waals surface area (Å²) in [7, 11) is 0. The Labute approximate surface area is 226 Å². The van der Waals surface area contributed by atoms with Gasteiger partial charge in [-0.2, -0.15) is 5.26 Å². The predicted octanol–water partition coefficient (Wildman–Crippen LogP) is 4.21. The van der Waals surface area contributed by atoms with Crippen LogP contribution in [0.3, 0.4) is 0 Å².